The fourth-order valence-electron chi connectivity index (χ4n) is 2.63. The second-order valence-corrected chi connectivity index (χ2v) is 6.86. The number of hydrogen-bond acceptors (Lipinski definition) is 4. The number of nitrogens with zero attached hydrogens (tertiary/aromatic N) is 1. The van der Waals surface area contributed by atoms with Gasteiger partial charge in [0.25, 0.3) is 5.91 Å². The summed E-state index contributed by atoms with van der Waals surface area (Å²) in [4.78, 5) is 18.0. The van der Waals surface area contributed by atoms with Crippen molar-refractivity contribution in [3.8, 4) is 21.7 Å². The highest BCUT2D eigenvalue weighted by molar-refractivity contribution is 7.19. The first-order chi connectivity index (χ1) is 12.7. The number of aryl methyl sites for hydroxylation is 1. The van der Waals surface area contributed by atoms with E-state index in [-0.39, 0.29) is 11.7 Å². The Morgan fingerprint density at radius 2 is 1.73 bits per heavy atom. The molecule has 1 N–H and O–H groups in total. The van der Waals surface area contributed by atoms with Gasteiger partial charge in [0.15, 0.2) is 10.9 Å². The van der Waals surface area contributed by atoms with Crippen LogP contribution in [0.3, 0.4) is 0 Å². The third-order valence-corrected chi connectivity index (χ3v) is 4.97. The zero-order valence-electron chi connectivity index (χ0n) is 14.1. The van der Waals surface area contributed by atoms with Crippen LogP contribution >= 0.6 is 11.3 Å². The molecule has 0 unspecified atom stereocenters. The molecule has 4 aromatic rings. The van der Waals surface area contributed by atoms with Crippen LogP contribution in [0.15, 0.2) is 77.4 Å². The first-order valence-electron chi connectivity index (χ1n) is 8.19. The van der Waals surface area contributed by atoms with E-state index < -0.39 is 0 Å². The Kier molecular flexibility index (Phi) is 4.37. The smallest absolute Gasteiger partial charge is 0.293 e. The van der Waals surface area contributed by atoms with Gasteiger partial charge in [-0.1, -0.05) is 71.5 Å². The average molecular weight is 360 g/mol. The summed E-state index contributed by atoms with van der Waals surface area (Å²) >= 11 is 1.45. The lowest BCUT2D eigenvalue weighted by atomic mass is 10.1. The normalized spacial score (nSPS) is 10.7. The van der Waals surface area contributed by atoms with E-state index in [9.17, 15) is 4.79 Å². The van der Waals surface area contributed by atoms with Crippen molar-refractivity contribution in [1.82, 2.24) is 4.98 Å². The zero-order valence-corrected chi connectivity index (χ0v) is 14.9. The molecular formula is C21H16N2O2S. The Hall–Kier alpha value is -3.18. The highest BCUT2D eigenvalue weighted by atomic mass is 32.1. The van der Waals surface area contributed by atoms with Crippen molar-refractivity contribution in [3.05, 3.63) is 84.3 Å². The molecule has 0 saturated carbocycles. The monoisotopic (exact) mass is 360 g/mol. The number of amides is 1. The van der Waals surface area contributed by atoms with Gasteiger partial charge in [0.05, 0.1) is 16.8 Å². The quantitative estimate of drug-likeness (QED) is 0.513. The first kappa shape index (κ1) is 16.3. The molecule has 0 bridgehead atoms. The van der Waals surface area contributed by atoms with Gasteiger partial charge in [0, 0.05) is 5.56 Å². The number of carbonyl (C=O) groups excluding carboxylic acids is 1. The number of furan rings is 1. The van der Waals surface area contributed by atoms with Crippen LogP contribution in [0.1, 0.15) is 16.1 Å². The number of hydrogen-bond donors (Lipinski definition) is 1. The molecule has 0 spiro atoms. The van der Waals surface area contributed by atoms with Gasteiger partial charge in [0.2, 0.25) is 0 Å². The second kappa shape index (κ2) is 6.98. The maximum Gasteiger partial charge on any atom is 0.293 e. The van der Waals surface area contributed by atoms with Crippen molar-refractivity contribution in [2.24, 2.45) is 0 Å². The molecule has 0 atom stereocenters. The predicted molar refractivity (Wildman–Crippen MR) is 104 cm³/mol. The largest absolute Gasteiger partial charge is 0.459 e. The molecule has 0 radical (unpaired) electrons. The van der Waals surface area contributed by atoms with Crippen molar-refractivity contribution in [2.45, 2.75) is 6.92 Å². The van der Waals surface area contributed by atoms with Gasteiger partial charge in [-0.15, -0.1) is 0 Å². The number of rotatable bonds is 4. The third kappa shape index (κ3) is 3.30. The highest BCUT2D eigenvalue weighted by Crippen LogP contribution is 2.39. The molecule has 5 heteroatoms. The molecule has 1 amide bonds. The maximum absolute atomic E-state index is 12.3. The van der Waals surface area contributed by atoms with Crippen LogP contribution < -0.4 is 5.32 Å². The van der Waals surface area contributed by atoms with Crippen LogP contribution in [0, 0.1) is 6.92 Å². The Morgan fingerprint density at radius 3 is 2.42 bits per heavy atom. The van der Waals surface area contributed by atoms with Gasteiger partial charge in [-0.3, -0.25) is 10.1 Å². The summed E-state index contributed by atoms with van der Waals surface area (Å²) < 4.78 is 5.15. The van der Waals surface area contributed by atoms with Gasteiger partial charge >= 0.3 is 0 Å². The number of anilines is 1. The topological polar surface area (TPSA) is 55.1 Å². The van der Waals surface area contributed by atoms with E-state index in [1.54, 1.807) is 12.1 Å². The molecule has 0 aliphatic carbocycles. The molecule has 4 rings (SSSR count). The van der Waals surface area contributed by atoms with E-state index in [1.165, 1.54) is 23.2 Å². The van der Waals surface area contributed by atoms with Crippen LogP contribution in [-0.2, 0) is 0 Å². The second-order valence-electron chi connectivity index (χ2n) is 5.86. The van der Waals surface area contributed by atoms with E-state index in [1.807, 2.05) is 30.3 Å². The maximum atomic E-state index is 12.3. The molecule has 0 aliphatic heterocycles. The minimum atomic E-state index is -0.307. The van der Waals surface area contributed by atoms with E-state index >= 15 is 0 Å². The molecule has 2 heterocycles. The summed E-state index contributed by atoms with van der Waals surface area (Å²) in [6.07, 6.45) is 1.48. The van der Waals surface area contributed by atoms with Crippen molar-refractivity contribution >= 4 is 22.4 Å². The Morgan fingerprint density at radius 1 is 0.962 bits per heavy atom. The molecule has 4 nitrogen and oxygen atoms in total. The van der Waals surface area contributed by atoms with Gasteiger partial charge in [-0.2, -0.15) is 0 Å². The Bertz CT molecular complexity index is 1020. The lowest BCUT2D eigenvalue weighted by Gasteiger charge is -2.03. The standard InChI is InChI=1S/C21H16N2O2S/c1-14-9-11-16(12-10-14)19-18(15-6-3-2-4-7-15)22-21(26-19)23-20(24)17-8-5-13-25-17/h2-13H,1H3,(H,22,23,24). The van der Waals surface area contributed by atoms with Gasteiger partial charge in [0.1, 0.15) is 0 Å². The van der Waals surface area contributed by atoms with Crippen LogP contribution in [0.5, 0.6) is 0 Å². The molecule has 2 aromatic heterocycles. The zero-order chi connectivity index (χ0) is 17.9. The molecular weight excluding hydrogens is 344 g/mol. The van der Waals surface area contributed by atoms with Crippen molar-refractivity contribution in [2.75, 3.05) is 5.32 Å². The lowest BCUT2D eigenvalue weighted by molar-refractivity contribution is 0.0996. The number of thiazole rings is 1. The summed E-state index contributed by atoms with van der Waals surface area (Å²) in [5, 5.41) is 3.37. The Balaban J connectivity index is 1.75. The third-order valence-electron chi connectivity index (χ3n) is 3.95. The van der Waals surface area contributed by atoms with E-state index in [0.29, 0.717) is 5.13 Å². The Labute approximate surface area is 155 Å². The lowest BCUT2D eigenvalue weighted by Crippen LogP contribution is -2.10. The fraction of sp³-hybridized carbons (Fsp3) is 0.0476. The van der Waals surface area contributed by atoms with Crippen LogP contribution in [0.25, 0.3) is 21.7 Å². The first-order valence-corrected chi connectivity index (χ1v) is 9.00. The number of benzene rings is 2. The molecule has 0 aliphatic rings. The van der Waals surface area contributed by atoms with E-state index in [4.69, 9.17) is 4.42 Å². The highest BCUT2D eigenvalue weighted by Gasteiger charge is 2.17. The van der Waals surface area contributed by atoms with Gasteiger partial charge in [-0.25, -0.2) is 4.98 Å². The SMILES string of the molecule is Cc1ccc(-c2sc(NC(=O)c3ccco3)nc2-c2ccccc2)cc1. The minimum absolute atomic E-state index is 0.262. The van der Waals surface area contributed by atoms with Crippen molar-refractivity contribution < 1.29 is 9.21 Å². The fourth-order valence-corrected chi connectivity index (χ4v) is 3.62. The molecule has 128 valence electrons. The van der Waals surface area contributed by atoms with Crippen LogP contribution in [-0.4, -0.2) is 10.9 Å². The van der Waals surface area contributed by atoms with Gasteiger partial charge < -0.3 is 4.42 Å². The molecule has 0 saturated heterocycles. The summed E-state index contributed by atoms with van der Waals surface area (Å²) in [5.41, 5.74) is 4.14. The summed E-state index contributed by atoms with van der Waals surface area (Å²) in [5.74, 6) is -0.0443. The average Bonchev–Trinajstić information content (AvgIpc) is 3.33. The number of nitrogens with one attached hydrogen (secondary N) is 1. The van der Waals surface area contributed by atoms with E-state index in [0.717, 1.165) is 21.7 Å². The molecule has 0 fully saturated rings. The molecule has 2 aromatic carbocycles. The summed E-state index contributed by atoms with van der Waals surface area (Å²) in [7, 11) is 0. The van der Waals surface area contributed by atoms with Crippen LogP contribution in [0.2, 0.25) is 0 Å². The minimum Gasteiger partial charge on any atom is -0.459 e. The summed E-state index contributed by atoms with van der Waals surface area (Å²) in [6, 6.07) is 21.6. The predicted octanol–water partition coefficient (Wildman–Crippen LogP) is 5.63. The number of aromatic nitrogens is 1. The molecule has 26 heavy (non-hydrogen) atoms. The van der Waals surface area contributed by atoms with Crippen LogP contribution in [0.4, 0.5) is 5.13 Å². The van der Waals surface area contributed by atoms with Crippen molar-refractivity contribution in [3.63, 3.8) is 0 Å². The summed E-state index contributed by atoms with van der Waals surface area (Å²) in [6.45, 7) is 2.06. The van der Waals surface area contributed by atoms with Crippen molar-refractivity contribution in [1.29, 1.82) is 0 Å². The van der Waals surface area contributed by atoms with E-state index in [2.05, 4.69) is 41.5 Å². The number of carbonyl (C=O) groups is 1. The van der Waals surface area contributed by atoms with Gasteiger partial charge in [-0.05, 0) is 24.6 Å².